The molecule has 0 aromatic heterocycles. The summed E-state index contributed by atoms with van der Waals surface area (Å²) in [5.74, 6) is -9.38. The highest BCUT2D eigenvalue weighted by Crippen LogP contribution is 2.54. The summed E-state index contributed by atoms with van der Waals surface area (Å²) in [6.45, 7) is 2.97. The number of carboxylic acid groups (broad SMARTS) is 1. The van der Waals surface area contributed by atoms with Crippen LogP contribution in [0.15, 0.2) is 48.5 Å². The minimum atomic E-state index is -3.35. The normalized spacial score (nSPS) is 20.7. The summed E-state index contributed by atoms with van der Waals surface area (Å²) < 4.78 is 32.6. The molecule has 9 heteroatoms. The van der Waals surface area contributed by atoms with Crippen molar-refractivity contribution in [3.05, 3.63) is 59.7 Å². The lowest BCUT2D eigenvalue weighted by molar-refractivity contribution is -0.141. The lowest BCUT2D eigenvalue weighted by Crippen LogP contribution is -2.50. The molecule has 1 saturated carbocycles. The van der Waals surface area contributed by atoms with E-state index in [0.29, 0.717) is 0 Å². The van der Waals surface area contributed by atoms with Gasteiger partial charge in [-0.3, -0.25) is 9.59 Å². The largest absolute Gasteiger partial charge is 0.481 e. The Morgan fingerprint density at radius 1 is 1.03 bits per heavy atom. The molecule has 0 saturated heterocycles. The zero-order chi connectivity index (χ0) is 24.6. The van der Waals surface area contributed by atoms with Crippen molar-refractivity contribution in [3.63, 3.8) is 0 Å². The number of carbonyl (C=O) groups is 3. The maximum absolute atomic E-state index is 13.6. The number of fused-ring (bicyclic) bond motifs is 3. The van der Waals surface area contributed by atoms with Gasteiger partial charge in [-0.15, -0.1) is 0 Å². The molecular weight excluding hydrogens is 446 g/mol. The second-order valence-electron chi connectivity index (χ2n) is 9.03. The van der Waals surface area contributed by atoms with Crippen LogP contribution >= 0.6 is 0 Å². The third kappa shape index (κ3) is 4.34. The van der Waals surface area contributed by atoms with Crippen LogP contribution in [-0.4, -0.2) is 48.2 Å². The number of alkyl halides is 2. The van der Waals surface area contributed by atoms with Crippen molar-refractivity contribution in [1.82, 2.24) is 10.6 Å². The van der Waals surface area contributed by atoms with E-state index < -0.39 is 48.3 Å². The van der Waals surface area contributed by atoms with E-state index in [1.165, 1.54) is 0 Å². The summed E-state index contributed by atoms with van der Waals surface area (Å²) in [6, 6.07) is 14.8. The molecule has 1 unspecified atom stereocenters. The number of rotatable bonds is 8. The van der Waals surface area contributed by atoms with Crippen molar-refractivity contribution < 1.29 is 33.0 Å². The number of carbonyl (C=O) groups excluding carboxylic acids is 2. The molecule has 2 aromatic rings. The Bertz CT molecular complexity index is 1070. The summed E-state index contributed by atoms with van der Waals surface area (Å²) in [5, 5.41) is 13.7. The minimum Gasteiger partial charge on any atom is -0.481 e. The van der Waals surface area contributed by atoms with E-state index in [1.54, 1.807) is 13.8 Å². The Morgan fingerprint density at radius 2 is 1.59 bits per heavy atom. The summed E-state index contributed by atoms with van der Waals surface area (Å²) in [7, 11) is 0. The second-order valence-corrected chi connectivity index (χ2v) is 9.03. The van der Waals surface area contributed by atoms with Crippen LogP contribution < -0.4 is 10.6 Å². The molecule has 1 fully saturated rings. The minimum absolute atomic E-state index is 0.0703. The molecule has 3 atom stereocenters. The van der Waals surface area contributed by atoms with Gasteiger partial charge in [-0.05, 0) is 28.2 Å². The van der Waals surface area contributed by atoms with Gasteiger partial charge in [-0.25, -0.2) is 13.6 Å². The zero-order valence-electron chi connectivity index (χ0n) is 18.8. The van der Waals surface area contributed by atoms with Crippen molar-refractivity contribution >= 4 is 18.0 Å². The second kappa shape index (κ2) is 9.04. The molecule has 2 aromatic carbocycles. The predicted octanol–water partition coefficient (Wildman–Crippen LogP) is 3.63. The van der Waals surface area contributed by atoms with Crippen LogP contribution in [0.2, 0.25) is 0 Å². The first kappa shape index (κ1) is 23.7. The van der Waals surface area contributed by atoms with Crippen LogP contribution in [-0.2, 0) is 14.3 Å². The van der Waals surface area contributed by atoms with Crippen molar-refractivity contribution in [1.29, 1.82) is 0 Å². The molecule has 2 aliphatic rings. The average Bonchev–Trinajstić information content (AvgIpc) is 3.21. The van der Waals surface area contributed by atoms with Gasteiger partial charge in [0.05, 0.1) is 5.92 Å². The number of ether oxygens (including phenoxy) is 1. The predicted molar refractivity (Wildman–Crippen MR) is 119 cm³/mol. The fourth-order valence-corrected chi connectivity index (χ4v) is 4.60. The van der Waals surface area contributed by atoms with Crippen LogP contribution in [0.4, 0.5) is 13.6 Å². The fourth-order valence-electron chi connectivity index (χ4n) is 4.60. The number of hydrogen-bond acceptors (Lipinski definition) is 4. The van der Waals surface area contributed by atoms with Gasteiger partial charge in [-0.2, -0.15) is 0 Å². The van der Waals surface area contributed by atoms with Gasteiger partial charge in [0.25, 0.3) is 5.92 Å². The lowest BCUT2D eigenvalue weighted by atomic mass is 9.98. The van der Waals surface area contributed by atoms with Gasteiger partial charge < -0.3 is 20.5 Å². The molecule has 2 amide bonds. The molecule has 3 N–H and O–H groups in total. The summed E-state index contributed by atoms with van der Waals surface area (Å²) >= 11 is 0. The number of alkyl carbamates (subject to hydrolysis) is 1. The van der Waals surface area contributed by atoms with Crippen LogP contribution in [0.25, 0.3) is 11.1 Å². The first-order chi connectivity index (χ1) is 16.1. The number of carboxylic acids is 1. The smallest absolute Gasteiger partial charge is 0.407 e. The SMILES string of the molecule is CC(C)C(NC(=O)OCC1c2ccccc2-c2ccccc21)C(=O)NC[C@@H]1[C@H](C(=O)O)C1(F)F. The number of amides is 2. The third-order valence-electron chi connectivity index (χ3n) is 6.53. The molecule has 0 spiro atoms. The standard InChI is InChI=1S/C25H26F2N2O5/c1-13(2)21(22(30)28-11-19-20(23(31)32)25(19,26)27)29-24(33)34-12-18-16-9-5-3-7-14(16)15-8-4-6-10-17(15)18/h3-10,13,18-21H,11-12H2,1-2H3,(H,28,30)(H,29,33)(H,31,32)/t19-,20-,21?/m1/s1. The highest BCUT2D eigenvalue weighted by atomic mass is 19.3. The van der Waals surface area contributed by atoms with Crippen LogP contribution in [0, 0.1) is 17.8 Å². The van der Waals surface area contributed by atoms with Crippen LogP contribution in [0.3, 0.4) is 0 Å². The molecule has 0 heterocycles. The van der Waals surface area contributed by atoms with Gasteiger partial charge in [0.1, 0.15) is 18.6 Å². The number of halogens is 2. The van der Waals surface area contributed by atoms with E-state index in [9.17, 15) is 23.2 Å². The number of hydrogen-bond donors (Lipinski definition) is 3. The van der Waals surface area contributed by atoms with E-state index in [-0.39, 0.29) is 18.4 Å². The Kier molecular flexibility index (Phi) is 6.29. The molecule has 7 nitrogen and oxygen atoms in total. The first-order valence-corrected chi connectivity index (χ1v) is 11.1. The van der Waals surface area contributed by atoms with Gasteiger partial charge >= 0.3 is 12.1 Å². The highest BCUT2D eigenvalue weighted by Gasteiger charge is 2.72. The van der Waals surface area contributed by atoms with E-state index in [1.807, 2.05) is 48.5 Å². The molecule has 2 aliphatic carbocycles. The van der Waals surface area contributed by atoms with E-state index in [0.717, 1.165) is 22.3 Å². The number of benzene rings is 2. The summed E-state index contributed by atoms with van der Waals surface area (Å²) in [6.07, 6.45) is -0.795. The number of nitrogens with one attached hydrogen (secondary N) is 2. The summed E-state index contributed by atoms with van der Waals surface area (Å²) in [4.78, 5) is 36.0. The monoisotopic (exact) mass is 472 g/mol. The Morgan fingerprint density at radius 3 is 2.09 bits per heavy atom. The van der Waals surface area contributed by atoms with E-state index in [4.69, 9.17) is 9.84 Å². The van der Waals surface area contributed by atoms with Gasteiger partial charge in [0.15, 0.2) is 0 Å². The Balaban J connectivity index is 1.35. The van der Waals surface area contributed by atoms with Crippen molar-refractivity contribution in [2.75, 3.05) is 13.2 Å². The summed E-state index contributed by atoms with van der Waals surface area (Å²) in [5.41, 5.74) is 4.27. The van der Waals surface area contributed by atoms with Crippen molar-refractivity contribution in [3.8, 4) is 11.1 Å². The van der Waals surface area contributed by atoms with Gasteiger partial charge in [0, 0.05) is 12.5 Å². The van der Waals surface area contributed by atoms with Crippen molar-refractivity contribution in [2.24, 2.45) is 17.8 Å². The van der Waals surface area contributed by atoms with E-state index >= 15 is 0 Å². The quantitative estimate of drug-likeness (QED) is 0.544. The van der Waals surface area contributed by atoms with Crippen molar-refractivity contribution in [2.45, 2.75) is 31.7 Å². The topological polar surface area (TPSA) is 105 Å². The third-order valence-corrected chi connectivity index (χ3v) is 6.53. The van der Waals surface area contributed by atoms with Crippen LogP contribution in [0.1, 0.15) is 30.9 Å². The number of aliphatic carboxylic acids is 1. The first-order valence-electron chi connectivity index (χ1n) is 11.1. The average molecular weight is 472 g/mol. The Hall–Kier alpha value is -3.49. The van der Waals surface area contributed by atoms with Gasteiger partial charge in [-0.1, -0.05) is 62.4 Å². The highest BCUT2D eigenvalue weighted by molar-refractivity contribution is 5.86. The van der Waals surface area contributed by atoms with E-state index in [2.05, 4.69) is 10.6 Å². The molecule has 0 aliphatic heterocycles. The molecule has 0 bridgehead atoms. The molecule has 4 rings (SSSR count). The molecule has 34 heavy (non-hydrogen) atoms. The van der Waals surface area contributed by atoms with Crippen LogP contribution in [0.5, 0.6) is 0 Å². The molecule has 180 valence electrons. The molecule has 0 radical (unpaired) electrons. The maximum Gasteiger partial charge on any atom is 0.407 e. The maximum atomic E-state index is 13.6. The fraction of sp³-hybridized carbons (Fsp3) is 0.400. The lowest BCUT2D eigenvalue weighted by Gasteiger charge is -2.22. The van der Waals surface area contributed by atoms with Gasteiger partial charge in [0.2, 0.25) is 5.91 Å². The Labute approximate surface area is 195 Å². The zero-order valence-corrected chi connectivity index (χ0v) is 18.8. The molecular formula is C25H26F2N2O5.